The summed E-state index contributed by atoms with van der Waals surface area (Å²) < 4.78 is 59.3. The van der Waals surface area contributed by atoms with Crippen LogP contribution in [0.2, 0.25) is 0 Å². The van der Waals surface area contributed by atoms with Crippen LogP contribution in [0.4, 0.5) is 14.5 Å². The summed E-state index contributed by atoms with van der Waals surface area (Å²) >= 11 is 0. The largest absolute Gasteiger partial charge is 0.379 e. The van der Waals surface area contributed by atoms with Gasteiger partial charge in [0.05, 0.1) is 23.8 Å². The van der Waals surface area contributed by atoms with Gasteiger partial charge in [-0.3, -0.25) is 9.78 Å². The van der Waals surface area contributed by atoms with E-state index in [1.54, 1.807) is 0 Å². The first-order chi connectivity index (χ1) is 14.4. The van der Waals surface area contributed by atoms with Crippen LogP contribution in [0.5, 0.6) is 0 Å². The monoisotopic (exact) mass is 433 g/mol. The highest BCUT2D eigenvalue weighted by Crippen LogP contribution is 2.25. The highest BCUT2D eigenvalue weighted by molar-refractivity contribution is 7.89. The first-order valence-electron chi connectivity index (χ1n) is 9.09. The van der Waals surface area contributed by atoms with Gasteiger partial charge in [0.15, 0.2) is 5.82 Å². The Labute approximate surface area is 171 Å². The van der Waals surface area contributed by atoms with Crippen molar-refractivity contribution in [3.05, 3.63) is 65.9 Å². The van der Waals surface area contributed by atoms with E-state index in [1.165, 1.54) is 40.8 Å². The molecule has 1 aliphatic heterocycles. The summed E-state index contributed by atoms with van der Waals surface area (Å²) in [4.78, 5) is 16.5. The molecule has 2 aromatic carbocycles. The Bertz CT molecular complexity index is 1210. The maximum Gasteiger partial charge on any atom is 0.255 e. The van der Waals surface area contributed by atoms with Crippen LogP contribution in [0.3, 0.4) is 0 Å². The number of amides is 1. The van der Waals surface area contributed by atoms with E-state index in [1.807, 2.05) is 0 Å². The quantitative estimate of drug-likeness (QED) is 0.684. The summed E-state index contributed by atoms with van der Waals surface area (Å²) in [6.07, 6.45) is 1.30. The second-order valence-electron chi connectivity index (χ2n) is 6.64. The molecule has 4 rings (SSSR count). The van der Waals surface area contributed by atoms with Crippen LogP contribution >= 0.6 is 0 Å². The van der Waals surface area contributed by atoms with Gasteiger partial charge in [0, 0.05) is 36.3 Å². The van der Waals surface area contributed by atoms with E-state index in [4.69, 9.17) is 4.74 Å². The van der Waals surface area contributed by atoms with Crippen molar-refractivity contribution in [1.29, 1.82) is 0 Å². The predicted molar refractivity (Wildman–Crippen MR) is 106 cm³/mol. The average molecular weight is 433 g/mol. The molecule has 1 aromatic heterocycles. The molecule has 0 radical (unpaired) electrons. The minimum Gasteiger partial charge on any atom is -0.379 e. The fourth-order valence-electron chi connectivity index (χ4n) is 3.20. The Morgan fingerprint density at radius 1 is 1.07 bits per heavy atom. The van der Waals surface area contributed by atoms with Crippen LogP contribution in [-0.2, 0) is 14.8 Å². The lowest BCUT2D eigenvalue weighted by molar-refractivity contribution is 0.0730. The third-order valence-corrected chi connectivity index (χ3v) is 6.65. The van der Waals surface area contributed by atoms with Crippen molar-refractivity contribution in [3.8, 4) is 0 Å². The zero-order valence-corrected chi connectivity index (χ0v) is 16.5. The first kappa shape index (κ1) is 20.3. The number of pyridine rings is 1. The van der Waals surface area contributed by atoms with E-state index in [0.29, 0.717) is 19.3 Å². The second-order valence-corrected chi connectivity index (χ2v) is 8.58. The van der Waals surface area contributed by atoms with Crippen molar-refractivity contribution in [2.75, 3.05) is 31.6 Å². The molecule has 30 heavy (non-hydrogen) atoms. The number of rotatable bonds is 4. The number of nitrogens with zero attached hydrogens (tertiary/aromatic N) is 2. The number of hydrogen-bond acceptors (Lipinski definition) is 5. The molecular formula is C20H17F2N3O4S. The Balaban J connectivity index is 1.57. The molecule has 7 nitrogen and oxygen atoms in total. The van der Waals surface area contributed by atoms with E-state index < -0.39 is 27.6 Å². The Morgan fingerprint density at radius 2 is 1.77 bits per heavy atom. The van der Waals surface area contributed by atoms with E-state index in [2.05, 4.69) is 10.3 Å². The number of anilines is 1. The normalized spacial score (nSPS) is 15.3. The van der Waals surface area contributed by atoms with Crippen LogP contribution in [0.1, 0.15) is 10.4 Å². The van der Waals surface area contributed by atoms with Gasteiger partial charge in [0.25, 0.3) is 5.91 Å². The van der Waals surface area contributed by atoms with Crippen molar-refractivity contribution >= 4 is 32.5 Å². The molecule has 156 valence electrons. The van der Waals surface area contributed by atoms with Crippen LogP contribution in [0.15, 0.2) is 53.6 Å². The second kappa shape index (κ2) is 8.05. The van der Waals surface area contributed by atoms with Crippen molar-refractivity contribution in [3.63, 3.8) is 0 Å². The molecule has 1 N–H and O–H groups in total. The van der Waals surface area contributed by atoms with Gasteiger partial charge in [0.2, 0.25) is 10.0 Å². The number of sulfonamides is 1. The van der Waals surface area contributed by atoms with Crippen molar-refractivity contribution in [2.24, 2.45) is 0 Å². The Hall–Kier alpha value is -2.95. The number of carbonyl (C=O) groups is 1. The van der Waals surface area contributed by atoms with Crippen LogP contribution in [0.25, 0.3) is 10.9 Å². The summed E-state index contributed by atoms with van der Waals surface area (Å²) in [5, 5.41) is 2.71. The topological polar surface area (TPSA) is 88.6 Å². The molecule has 0 aliphatic carbocycles. The fraction of sp³-hybridized carbons (Fsp3) is 0.200. The van der Waals surface area contributed by atoms with Crippen LogP contribution in [-0.4, -0.2) is 49.9 Å². The number of hydrogen-bond donors (Lipinski definition) is 1. The van der Waals surface area contributed by atoms with Gasteiger partial charge in [0.1, 0.15) is 11.3 Å². The lowest BCUT2D eigenvalue weighted by Crippen LogP contribution is -2.40. The lowest BCUT2D eigenvalue weighted by atomic mass is 10.1. The smallest absolute Gasteiger partial charge is 0.255 e. The molecule has 10 heteroatoms. The zero-order chi connectivity index (χ0) is 21.3. The SMILES string of the molecule is O=C(Nc1ccnc2c(F)cc(F)cc12)c1ccc(S(=O)(=O)N2CCOCC2)cc1. The molecule has 0 spiro atoms. The molecular weight excluding hydrogens is 416 g/mol. The van der Waals surface area contributed by atoms with Crippen molar-refractivity contribution < 1.29 is 26.7 Å². The Morgan fingerprint density at radius 3 is 2.47 bits per heavy atom. The average Bonchev–Trinajstić information content (AvgIpc) is 2.75. The standard InChI is InChI=1S/C20H17F2N3O4S/c21-14-11-16-18(5-6-23-19(16)17(22)12-14)24-20(26)13-1-3-15(4-2-13)30(27,28)25-7-9-29-10-8-25/h1-6,11-12H,7-10H2,(H,23,24,26). The molecule has 0 unspecified atom stereocenters. The molecule has 0 atom stereocenters. The minimum absolute atomic E-state index is 0.0684. The van der Waals surface area contributed by atoms with Gasteiger partial charge in [-0.1, -0.05) is 0 Å². The van der Waals surface area contributed by atoms with Gasteiger partial charge >= 0.3 is 0 Å². The molecule has 0 bridgehead atoms. The summed E-state index contributed by atoms with van der Waals surface area (Å²) in [6.45, 7) is 1.21. The maximum absolute atomic E-state index is 13.9. The number of carbonyl (C=O) groups excluding carboxylic acids is 1. The summed E-state index contributed by atoms with van der Waals surface area (Å²) in [7, 11) is -3.67. The van der Waals surface area contributed by atoms with Gasteiger partial charge in [-0.25, -0.2) is 17.2 Å². The number of ether oxygens (including phenoxy) is 1. The molecule has 1 saturated heterocycles. The minimum atomic E-state index is -3.67. The van der Waals surface area contributed by atoms with Gasteiger partial charge in [-0.15, -0.1) is 0 Å². The molecule has 3 aromatic rings. The number of aromatic nitrogens is 1. The number of morpholine rings is 1. The third-order valence-electron chi connectivity index (χ3n) is 4.74. The van der Waals surface area contributed by atoms with Crippen LogP contribution < -0.4 is 5.32 Å². The zero-order valence-electron chi connectivity index (χ0n) is 15.6. The molecule has 0 saturated carbocycles. The predicted octanol–water partition coefficient (Wildman–Crippen LogP) is 2.79. The van der Waals surface area contributed by atoms with Gasteiger partial charge in [-0.2, -0.15) is 4.31 Å². The lowest BCUT2D eigenvalue weighted by Gasteiger charge is -2.26. The van der Waals surface area contributed by atoms with Crippen molar-refractivity contribution in [2.45, 2.75) is 4.90 Å². The van der Waals surface area contributed by atoms with E-state index >= 15 is 0 Å². The Kier molecular flexibility index (Phi) is 5.46. The number of fused-ring (bicyclic) bond motifs is 1. The van der Waals surface area contributed by atoms with Gasteiger partial charge in [-0.05, 0) is 36.4 Å². The highest BCUT2D eigenvalue weighted by atomic mass is 32.2. The fourth-order valence-corrected chi connectivity index (χ4v) is 4.60. The third kappa shape index (κ3) is 3.89. The van der Waals surface area contributed by atoms with E-state index in [-0.39, 0.29) is 40.1 Å². The highest BCUT2D eigenvalue weighted by Gasteiger charge is 2.26. The van der Waals surface area contributed by atoms with Crippen molar-refractivity contribution in [1.82, 2.24) is 9.29 Å². The number of benzene rings is 2. The maximum atomic E-state index is 13.9. The summed E-state index contributed by atoms with van der Waals surface area (Å²) in [5.41, 5.74) is 0.312. The van der Waals surface area contributed by atoms with Gasteiger partial charge < -0.3 is 10.1 Å². The number of nitrogens with one attached hydrogen (secondary N) is 1. The first-order valence-corrected chi connectivity index (χ1v) is 10.5. The summed E-state index contributed by atoms with van der Waals surface area (Å²) in [5.74, 6) is -2.18. The molecule has 2 heterocycles. The molecule has 1 fully saturated rings. The molecule has 1 amide bonds. The molecule has 1 aliphatic rings. The number of halogens is 2. The van der Waals surface area contributed by atoms with Crippen LogP contribution in [0, 0.1) is 11.6 Å². The van der Waals surface area contributed by atoms with E-state index in [0.717, 1.165) is 6.07 Å². The summed E-state index contributed by atoms with van der Waals surface area (Å²) in [6, 6.07) is 8.69. The van der Waals surface area contributed by atoms with E-state index in [9.17, 15) is 22.0 Å².